The average molecular weight is 634 g/mol. The molecule has 1 saturated carbocycles. The third kappa shape index (κ3) is 6.88. The van der Waals surface area contributed by atoms with Crippen LogP contribution in [0.1, 0.15) is 44.1 Å². The zero-order valence-corrected chi connectivity index (χ0v) is 25.7. The highest BCUT2D eigenvalue weighted by Gasteiger charge is 2.50. The molecule has 45 heavy (non-hydrogen) atoms. The van der Waals surface area contributed by atoms with Gasteiger partial charge in [-0.3, -0.25) is 4.79 Å². The van der Waals surface area contributed by atoms with Crippen molar-refractivity contribution in [3.05, 3.63) is 96.6 Å². The second-order valence-electron chi connectivity index (χ2n) is 12.0. The Labute approximate surface area is 262 Å². The fourth-order valence-electron chi connectivity index (χ4n) is 6.13. The number of nitrogens with two attached hydrogens (primary N) is 1. The highest BCUT2D eigenvalue weighted by Crippen LogP contribution is 2.36. The van der Waals surface area contributed by atoms with Gasteiger partial charge in [0, 0.05) is 24.7 Å². The summed E-state index contributed by atoms with van der Waals surface area (Å²) < 4.78 is 68.2. The number of likely N-dealkylation sites (tertiary alicyclic amines) is 1. The standard InChI is InChI=1S/C35H37F2N3O4S/c36-35(37,28-14-10-25(11-15-28)24-6-2-1-3-7-24)33(34(41)40-20-18-29(38)19-21-40)39-45(42,43)32-17-13-26-22-31(16-12-27(26)23-32)44-30-8-4-5-9-30/h1-3,6-7,10-17,22-23,29-30,33,39H,4-5,8-9,18-21,38H2/t33-/m1/s1. The number of halogens is 2. The van der Waals surface area contributed by atoms with Gasteiger partial charge in [0.05, 0.1) is 11.0 Å². The molecule has 236 valence electrons. The Morgan fingerprint density at radius 1 is 0.844 bits per heavy atom. The van der Waals surface area contributed by atoms with Gasteiger partial charge < -0.3 is 15.4 Å². The molecule has 1 heterocycles. The van der Waals surface area contributed by atoms with Crippen molar-refractivity contribution in [2.45, 2.75) is 67.5 Å². The van der Waals surface area contributed by atoms with Crippen molar-refractivity contribution in [2.75, 3.05) is 13.1 Å². The van der Waals surface area contributed by atoms with E-state index in [1.807, 2.05) is 36.4 Å². The number of carbonyl (C=O) groups is 1. The van der Waals surface area contributed by atoms with Crippen molar-refractivity contribution in [3.8, 4) is 16.9 Å². The molecule has 6 rings (SSSR count). The minimum atomic E-state index is -4.55. The molecule has 1 amide bonds. The highest BCUT2D eigenvalue weighted by atomic mass is 32.2. The molecule has 3 N–H and O–H groups in total. The Hall–Kier alpha value is -3.86. The Morgan fingerprint density at radius 2 is 1.47 bits per heavy atom. The van der Waals surface area contributed by atoms with E-state index in [9.17, 15) is 13.2 Å². The molecule has 1 aliphatic carbocycles. The van der Waals surface area contributed by atoms with Crippen LogP contribution in [0, 0.1) is 0 Å². The molecule has 2 fully saturated rings. The first kappa shape index (κ1) is 31.1. The summed E-state index contributed by atoms with van der Waals surface area (Å²) in [6.07, 6.45) is 5.35. The number of ether oxygens (including phenoxy) is 1. The number of benzene rings is 4. The molecular formula is C35H37F2N3O4S. The number of nitrogens with one attached hydrogen (secondary N) is 1. The zero-order valence-electron chi connectivity index (χ0n) is 24.9. The molecule has 0 aromatic heterocycles. The predicted octanol–water partition coefficient (Wildman–Crippen LogP) is 6.22. The third-order valence-corrected chi connectivity index (χ3v) is 10.2. The number of hydrogen-bond acceptors (Lipinski definition) is 5. The van der Waals surface area contributed by atoms with Crippen LogP contribution in [0.3, 0.4) is 0 Å². The van der Waals surface area contributed by atoms with Crippen LogP contribution in [0.25, 0.3) is 21.9 Å². The van der Waals surface area contributed by atoms with E-state index in [1.165, 1.54) is 29.2 Å². The van der Waals surface area contributed by atoms with Gasteiger partial charge in [-0.25, -0.2) is 8.42 Å². The van der Waals surface area contributed by atoms with Crippen LogP contribution < -0.4 is 15.2 Å². The summed E-state index contributed by atoms with van der Waals surface area (Å²) in [4.78, 5) is 14.7. The molecule has 0 unspecified atom stereocenters. The van der Waals surface area contributed by atoms with E-state index in [2.05, 4.69) is 4.72 Å². The number of hydrogen-bond donors (Lipinski definition) is 2. The quantitative estimate of drug-likeness (QED) is 0.228. The number of carbonyl (C=O) groups excluding carboxylic acids is 1. The van der Waals surface area contributed by atoms with Gasteiger partial charge in [-0.15, -0.1) is 0 Å². The van der Waals surface area contributed by atoms with Crippen LogP contribution in [0.2, 0.25) is 0 Å². The zero-order chi connectivity index (χ0) is 31.6. The van der Waals surface area contributed by atoms with Gasteiger partial charge in [-0.05, 0) is 84.7 Å². The second-order valence-corrected chi connectivity index (χ2v) is 13.7. The maximum atomic E-state index is 16.3. The molecular weight excluding hydrogens is 596 g/mol. The predicted molar refractivity (Wildman–Crippen MR) is 171 cm³/mol. The van der Waals surface area contributed by atoms with Crippen molar-refractivity contribution < 1.29 is 26.7 Å². The minimum Gasteiger partial charge on any atom is -0.490 e. The SMILES string of the molecule is NC1CCN(C(=O)[C@@H](NS(=O)(=O)c2ccc3cc(OC4CCCC4)ccc3c2)C(F)(F)c2ccc(-c3ccccc3)cc2)CC1. The number of fused-ring (bicyclic) bond motifs is 1. The van der Waals surface area contributed by atoms with E-state index in [0.717, 1.165) is 42.2 Å². The van der Waals surface area contributed by atoms with E-state index in [-0.39, 0.29) is 30.1 Å². The maximum absolute atomic E-state index is 16.3. The van der Waals surface area contributed by atoms with E-state index < -0.39 is 33.5 Å². The molecule has 1 atom stereocenters. The molecule has 4 aromatic carbocycles. The highest BCUT2D eigenvalue weighted by molar-refractivity contribution is 7.89. The summed E-state index contributed by atoms with van der Waals surface area (Å²) >= 11 is 0. The van der Waals surface area contributed by atoms with Crippen molar-refractivity contribution >= 4 is 26.7 Å². The molecule has 2 aliphatic rings. The molecule has 7 nitrogen and oxygen atoms in total. The first-order chi connectivity index (χ1) is 21.6. The monoisotopic (exact) mass is 633 g/mol. The summed E-state index contributed by atoms with van der Waals surface area (Å²) in [7, 11) is -4.55. The number of nitrogens with zero attached hydrogens (tertiary/aromatic N) is 1. The largest absolute Gasteiger partial charge is 0.490 e. The van der Waals surface area contributed by atoms with Gasteiger partial charge in [0.15, 0.2) is 6.04 Å². The van der Waals surface area contributed by atoms with Crippen LogP contribution in [-0.4, -0.2) is 50.5 Å². The molecule has 10 heteroatoms. The normalized spacial score (nSPS) is 17.4. The lowest BCUT2D eigenvalue weighted by molar-refractivity contribution is -0.145. The minimum absolute atomic E-state index is 0.142. The lowest BCUT2D eigenvalue weighted by atomic mass is 9.96. The van der Waals surface area contributed by atoms with Gasteiger partial charge in [-0.2, -0.15) is 13.5 Å². The van der Waals surface area contributed by atoms with E-state index in [1.54, 1.807) is 30.3 Å². The molecule has 1 aliphatic heterocycles. The molecule has 1 saturated heterocycles. The lowest BCUT2D eigenvalue weighted by Crippen LogP contribution is -2.57. The summed E-state index contributed by atoms with van der Waals surface area (Å²) in [5.74, 6) is -4.15. The number of piperidine rings is 1. The molecule has 4 aromatic rings. The Bertz CT molecular complexity index is 1750. The summed E-state index contributed by atoms with van der Waals surface area (Å²) in [6.45, 7) is 0.338. The molecule has 0 radical (unpaired) electrons. The van der Waals surface area contributed by atoms with E-state index >= 15 is 8.78 Å². The van der Waals surface area contributed by atoms with Gasteiger partial charge in [0.25, 0.3) is 5.92 Å². The van der Waals surface area contributed by atoms with Crippen molar-refractivity contribution in [1.29, 1.82) is 0 Å². The number of rotatable bonds is 9. The van der Waals surface area contributed by atoms with Gasteiger partial charge in [0.2, 0.25) is 15.9 Å². The summed E-state index contributed by atoms with van der Waals surface area (Å²) in [6, 6.07) is 22.1. The van der Waals surface area contributed by atoms with Gasteiger partial charge >= 0.3 is 0 Å². The van der Waals surface area contributed by atoms with E-state index in [4.69, 9.17) is 10.5 Å². The van der Waals surface area contributed by atoms with Crippen molar-refractivity contribution in [3.63, 3.8) is 0 Å². The van der Waals surface area contributed by atoms with E-state index in [0.29, 0.717) is 24.0 Å². The number of sulfonamides is 1. The molecule has 0 spiro atoms. The van der Waals surface area contributed by atoms with Crippen molar-refractivity contribution in [2.24, 2.45) is 5.73 Å². The van der Waals surface area contributed by atoms with Gasteiger partial charge in [0.1, 0.15) is 5.75 Å². The number of amides is 1. The maximum Gasteiger partial charge on any atom is 0.298 e. The Kier molecular flexibility index (Phi) is 8.90. The van der Waals surface area contributed by atoms with Crippen LogP contribution in [-0.2, 0) is 20.7 Å². The fraction of sp³-hybridized carbons (Fsp3) is 0.343. The fourth-order valence-corrected chi connectivity index (χ4v) is 7.35. The summed E-state index contributed by atoms with van der Waals surface area (Å²) in [5, 5.41) is 1.36. The Balaban J connectivity index is 1.29. The summed E-state index contributed by atoms with van der Waals surface area (Å²) in [5.41, 5.74) is 7.08. The number of alkyl halides is 2. The third-order valence-electron chi connectivity index (χ3n) is 8.81. The van der Waals surface area contributed by atoms with Gasteiger partial charge in [-0.1, -0.05) is 66.7 Å². The average Bonchev–Trinajstić information content (AvgIpc) is 3.57. The topological polar surface area (TPSA) is 102 Å². The van der Waals surface area contributed by atoms with Crippen LogP contribution in [0.5, 0.6) is 5.75 Å². The first-order valence-electron chi connectivity index (χ1n) is 15.4. The first-order valence-corrected chi connectivity index (χ1v) is 16.9. The Morgan fingerprint density at radius 3 is 2.16 bits per heavy atom. The van der Waals surface area contributed by atoms with Crippen LogP contribution >= 0.6 is 0 Å². The lowest BCUT2D eigenvalue weighted by Gasteiger charge is -2.35. The second kappa shape index (κ2) is 12.9. The van der Waals surface area contributed by atoms with Crippen LogP contribution in [0.4, 0.5) is 8.78 Å². The molecule has 0 bridgehead atoms. The smallest absolute Gasteiger partial charge is 0.298 e. The van der Waals surface area contributed by atoms with Crippen LogP contribution in [0.15, 0.2) is 95.9 Å². The van der Waals surface area contributed by atoms with Crippen molar-refractivity contribution in [1.82, 2.24) is 9.62 Å².